The Labute approximate surface area is 88.6 Å². The van der Waals surface area contributed by atoms with Crippen molar-refractivity contribution in [2.45, 2.75) is 6.54 Å². The monoisotopic (exact) mass is 259 g/mol. The van der Waals surface area contributed by atoms with Gasteiger partial charge in [-0.2, -0.15) is 0 Å². The Hall–Kier alpha value is -0.580. The number of nitrogens with zero attached hydrogens (tertiary/aromatic N) is 2. The van der Waals surface area contributed by atoms with Crippen molar-refractivity contribution in [3.05, 3.63) is 33.8 Å². The highest BCUT2D eigenvalue weighted by Gasteiger charge is 2.09. The van der Waals surface area contributed by atoms with Crippen molar-refractivity contribution in [1.82, 2.24) is 9.38 Å². The molecule has 0 aromatic carbocycles. The molecule has 2 N–H and O–H groups in total. The topological polar surface area (TPSA) is 43.3 Å². The highest BCUT2D eigenvalue weighted by atomic mass is 79.9. The van der Waals surface area contributed by atoms with E-state index in [4.69, 9.17) is 17.3 Å². The Kier molecular flexibility index (Phi) is 2.27. The van der Waals surface area contributed by atoms with Crippen LogP contribution < -0.4 is 5.73 Å². The molecule has 68 valence electrons. The molecule has 13 heavy (non-hydrogen) atoms. The largest absolute Gasteiger partial charge is 0.324 e. The Morgan fingerprint density at radius 2 is 2.31 bits per heavy atom. The summed E-state index contributed by atoms with van der Waals surface area (Å²) >= 11 is 9.33. The molecular weight excluding hydrogens is 253 g/mol. The smallest absolute Gasteiger partial charge is 0.155 e. The summed E-state index contributed by atoms with van der Waals surface area (Å²) in [5.41, 5.74) is 6.41. The molecule has 0 aliphatic heterocycles. The number of hydrogen-bond acceptors (Lipinski definition) is 2. The van der Waals surface area contributed by atoms with Crippen LogP contribution in [0, 0.1) is 0 Å². The first kappa shape index (κ1) is 8.99. The van der Waals surface area contributed by atoms with Gasteiger partial charge in [0.2, 0.25) is 0 Å². The molecule has 0 amide bonds. The van der Waals surface area contributed by atoms with E-state index in [0.29, 0.717) is 11.7 Å². The lowest BCUT2D eigenvalue weighted by atomic mass is 10.4. The van der Waals surface area contributed by atoms with Gasteiger partial charge in [0, 0.05) is 0 Å². The number of rotatable bonds is 1. The van der Waals surface area contributed by atoms with Crippen LogP contribution >= 0.6 is 27.5 Å². The standard InChI is InChI=1S/C8H7BrClN3/c9-6-3-1-2-5-8(10)12-7(4-11)13(5)6/h1-3H,4,11H2. The summed E-state index contributed by atoms with van der Waals surface area (Å²) in [4.78, 5) is 4.14. The lowest BCUT2D eigenvalue weighted by molar-refractivity contribution is 0.892. The van der Waals surface area contributed by atoms with Gasteiger partial charge in [0.05, 0.1) is 16.7 Å². The number of fused-ring (bicyclic) bond motifs is 1. The molecule has 0 saturated heterocycles. The molecular formula is C8H7BrClN3. The summed E-state index contributed by atoms with van der Waals surface area (Å²) in [6, 6.07) is 5.73. The Balaban J connectivity index is 2.89. The van der Waals surface area contributed by atoms with Gasteiger partial charge in [0.25, 0.3) is 0 Å². The third kappa shape index (κ3) is 1.35. The molecule has 2 aromatic rings. The number of pyridine rings is 1. The second-order valence-electron chi connectivity index (χ2n) is 2.59. The Morgan fingerprint density at radius 3 is 3.00 bits per heavy atom. The maximum atomic E-state index is 5.92. The van der Waals surface area contributed by atoms with Crippen LogP contribution in [-0.2, 0) is 6.54 Å². The molecule has 0 fully saturated rings. The maximum absolute atomic E-state index is 5.92. The lowest BCUT2D eigenvalue weighted by Crippen LogP contribution is -2.03. The Bertz CT molecular complexity index is 452. The van der Waals surface area contributed by atoms with E-state index < -0.39 is 0 Å². The van der Waals surface area contributed by atoms with Gasteiger partial charge >= 0.3 is 0 Å². The van der Waals surface area contributed by atoms with E-state index in [2.05, 4.69) is 20.9 Å². The zero-order valence-corrected chi connectivity index (χ0v) is 9.01. The predicted octanol–water partition coefficient (Wildman–Crippen LogP) is 2.21. The molecule has 0 atom stereocenters. The average Bonchev–Trinajstić information content (AvgIpc) is 2.45. The third-order valence-corrected chi connectivity index (χ3v) is 2.72. The summed E-state index contributed by atoms with van der Waals surface area (Å²) in [5, 5.41) is 0.488. The number of nitrogens with two attached hydrogens (primary N) is 1. The minimum absolute atomic E-state index is 0.372. The summed E-state index contributed by atoms with van der Waals surface area (Å²) in [7, 11) is 0. The first-order valence-electron chi connectivity index (χ1n) is 3.75. The van der Waals surface area contributed by atoms with Crippen molar-refractivity contribution >= 4 is 33.0 Å². The lowest BCUT2D eigenvalue weighted by Gasteiger charge is -2.00. The summed E-state index contributed by atoms with van der Waals surface area (Å²) < 4.78 is 2.80. The highest BCUT2D eigenvalue weighted by molar-refractivity contribution is 9.10. The fourth-order valence-electron chi connectivity index (χ4n) is 1.26. The van der Waals surface area contributed by atoms with Crippen LogP contribution in [-0.4, -0.2) is 9.38 Å². The number of aromatic nitrogens is 2. The van der Waals surface area contributed by atoms with Crippen molar-refractivity contribution in [3.63, 3.8) is 0 Å². The van der Waals surface area contributed by atoms with Crippen LogP contribution in [0.5, 0.6) is 0 Å². The van der Waals surface area contributed by atoms with E-state index in [1.165, 1.54) is 0 Å². The molecule has 0 aliphatic carbocycles. The van der Waals surface area contributed by atoms with E-state index >= 15 is 0 Å². The first-order chi connectivity index (χ1) is 6.24. The van der Waals surface area contributed by atoms with Gasteiger partial charge in [-0.1, -0.05) is 17.7 Å². The number of imidazole rings is 1. The third-order valence-electron chi connectivity index (χ3n) is 1.82. The van der Waals surface area contributed by atoms with E-state index in [1.807, 2.05) is 22.6 Å². The molecule has 0 saturated carbocycles. The molecule has 2 aromatic heterocycles. The predicted molar refractivity (Wildman–Crippen MR) is 55.8 cm³/mol. The average molecular weight is 261 g/mol. The van der Waals surface area contributed by atoms with Crippen LogP contribution in [0.4, 0.5) is 0 Å². The molecule has 0 radical (unpaired) electrons. The van der Waals surface area contributed by atoms with Crippen LogP contribution in [0.15, 0.2) is 22.8 Å². The van der Waals surface area contributed by atoms with Crippen LogP contribution in [0.25, 0.3) is 5.52 Å². The second-order valence-corrected chi connectivity index (χ2v) is 3.76. The molecule has 5 heteroatoms. The summed E-state index contributed by atoms with van der Waals surface area (Å²) in [6.45, 7) is 0.372. The van der Waals surface area contributed by atoms with Crippen molar-refractivity contribution in [3.8, 4) is 0 Å². The van der Waals surface area contributed by atoms with Gasteiger partial charge in [0.1, 0.15) is 5.82 Å². The van der Waals surface area contributed by atoms with E-state index in [0.717, 1.165) is 15.9 Å². The van der Waals surface area contributed by atoms with Crippen LogP contribution in [0.2, 0.25) is 5.15 Å². The van der Waals surface area contributed by atoms with Crippen molar-refractivity contribution in [2.24, 2.45) is 5.73 Å². The Morgan fingerprint density at radius 1 is 1.54 bits per heavy atom. The second kappa shape index (κ2) is 3.29. The van der Waals surface area contributed by atoms with E-state index in [-0.39, 0.29) is 0 Å². The summed E-state index contributed by atoms with van der Waals surface area (Å²) in [5.74, 6) is 0.757. The number of halogens is 2. The molecule has 0 bridgehead atoms. The molecule has 3 nitrogen and oxygen atoms in total. The van der Waals surface area contributed by atoms with Gasteiger partial charge < -0.3 is 5.73 Å². The maximum Gasteiger partial charge on any atom is 0.155 e. The zero-order chi connectivity index (χ0) is 9.42. The zero-order valence-electron chi connectivity index (χ0n) is 6.67. The SMILES string of the molecule is NCc1nc(Cl)c2cccc(Br)n12. The van der Waals surface area contributed by atoms with Crippen molar-refractivity contribution in [2.75, 3.05) is 0 Å². The highest BCUT2D eigenvalue weighted by Crippen LogP contribution is 2.22. The quantitative estimate of drug-likeness (QED) is 0.799. The number of hydrogen-bond donors (Lipinski definition) is 1. The molecule has 0 aliphatic rings. The summed E-state index contributed by atoms with van der Waals surface area (Å²) in [6.07, 6.45) is 0. The fraction of sp³-hybridized carbons (Fsp3) is 0.125. The van der Waals surface area contributed by atoms with Gasteiger partial charge in [0.15, 0.2) is 5.15 Å². The normalized spacial score (nSPS) is 11.0. The van der Waals surface area contributed by atoms with Crippen LogP contribution in [0.1, 0.15) is 5.82 Å². The minimum Gasteiger partial charge on any atom is -0.324 e. The van der Waals surface area contributed by atoms with Crippen molar-refractivity contribution < 1.29 is 0 Å². The molecule has 0 spiro atoms. The van der Waals surface area contributed by atoms with Gasteiger partial charge in [-0.15, -0.1) is 0 Å². The first-order valence-corrected chi connectivity index (χ1v) is 4.92. The van der Waals surface area contributed by atoms with E-state index in [1.54, 1.807) is 0 Å². The van der Waals surface area contributed by atoms with Crippen molar-refractivity contribution in [1.29, 1.82) is 0 Å². The van der Waals surface area contributed by atoms with Gasteiger partial charge in [-0.3, -0.25) is 4.40 Å². The molecule has 2 heterocycles. The molecule has 0 unspecified atom stereocenters. The molecule has 2 rings (SSSR count). The van der Waals surface area contributed by atoms with E-state index in [9.17, 15) is 0 Å². The van der Waals surface area contributed by atoms with Crippen LogP contribution in [0.3, 0.4) is 0 Å². The minimum atomic E-state index is 0.372. The van der Waals surface area contributed by atoms with Gasteiger partial charge in [-0.25, -0.2) is 4.98 Å². The fourth-order valence-corrected chi connectivity index (χ4v) is 2.06. The van der Waals surface area contributed by atoms with Gasteiger partial charge in [-0.05, 0) is 28.1 Å².